The maximum atomic E-state index is 6.06. The second-order valence-corrected chi connectivity index (χ2v) is 5.50. The number of hydrogen-bond acceptors (Lipinski definition) is 2. The lowest BCUT2D eigenvalue weighted by Crippen LogP contribution is -2.12. The van der Waals surface area contributed by atoms with E-state index < -0.39 is 0 Å². The van der Waals surface area contributed by atoms with Crippen molar-refractivity contribution in [2.45, 2.75) is 23.3 Å². The predicted molar refractivity (Wildman–Crippen MR) is 79.4 cm³/mol. The van der Waals surface area contributed by atoms with Gasteiger partial charge in [-0.2, -0.15) is 0 Å². The Hall–Kier alpha value is -0.960. The van der Waals surface area contributed by atoms with Crippen LogP contribution in [0.4, 0.5) is 0 Å². The van der Waals surface area contributed by atoms with Gasteiger partial charge in [0.2, 0.25) is 0 Å². The topological polar surface area (TPSA) is 12.0 Å². The smallest absolute Gasteiger partial charge is 0.0410 e. The van der Waals surface area contributed by atoms with Crippen molar-refractivity contribution in [1.82, 2.24) is 5.32 Å². The number of hydrogen-bond donors (Lipinski definition) is 1. The average Bonchev–Trinajstić information content (AvgIpc) is 2.40. The fraction of sp³-hybridized carbons (Fsp3) is 0.200. The van der Waals surface area contributed by atoms with Crippen LogP contribution < -0.4 is 5.32 Å². The summed E-state index contributed by atoms with van der Waals surface area (Å²) in [5.41, 5.74) is 1.25. The van der Waals surface area contributed by atoms with E-state index in [9.17, 15) is 0 Å². The van der Waals surface area contributed by atoms with Gasteiger partial charge < -0.3 is 5.32 Å². The van der Waals surface area contributed by atoms with E-state index >= 15 is 0 Å². The van der Waals surface area contributed by atoms with Crippen LogP contribution in [-0.2, 0) is 6.54 Å². The molecule has 0 saturated heterocycles. The molecule has 0 radical (unpaired) electrons. The first-order valence-corrected chi connectivity index (χ1v) is 7.21. The Bertz CT molecular complexity index is 499. The Morgan fingerprint density at radius 3 is 2.61 bits per heavy atom. The fourth-order valence-corrected chi connectivity index (χ4v) is 2.80. The number of halogens is 1. The lowest BCUT2D eigenvalue weighted by Gasteiger charge is -2.10. The van der Waals surface area contributed by atoms with Crippen LogP contribution in [0.5, 0.6) is 0 Å². The highest BCUT2D eigenvalue weighted by atomic mass is 35.5. The molecule has 0 spiro atoms. The van der Waals surface area contributed by atoms with Crippen LogP contribution in [0, 0.1) is 0 Å². The SMILES string of the molecule is CCNCc1cc(Cl)ccc1Sc1ccccc1. The monoisotopic (exact) mass is 277 g/mol. The van der Waals surface area contributed by atoms with Gasteiger partial charge in [-0.1, -0.05) is 48.5 Å². The zero-order valence-electron chi connectivity index (χ0n) is 10.3. The highest BCUT2D eigenvalue weighted by Crippen LogP contribution is 2.31. The molecule has 0 saturated carbocycles. The van der Waals surface area contributed by atoms with E-state index in [0.29, 0.717) is 0 Å². The standard InChI is InChI=1S/C15H16ClNS/c1-2-17-11-12-10-13(16)8-9-15(12)18-14-6-4-3-5-7-14/h3-10,17H,2,11H2,1H3. The van der Waals surface area contributed by atoms with Crippen molar-refractivity contribution in [3.05, 3.63) is 59.1 Å². The van der Waals surface area contributed by atoms with Crippen LogP contribution in [-0.4, -0.2) is 6.54 Å². The summed E-state index contributed by atoms with van der Waals surface area (Å²) in [6.07, 6.45) is 0. The van der Waals surface area contributed by atoms with E-state index in [-0.39, 0.29) is 0 Å². The van der Waals surface area contributed by atoms with E-state index in [1.165, 1.54) is 15.4 Å². The van der Waals surface area contributed by atoms with Crippen LogP contribution in [0.15, 0.2) is 58.3 Å². The summed E-state index contributed by atoms with van der Waals surface area (Å²) in [6, 6.07) is 16.5. The minimum Gasteiger partial charge on any atom is -0.313 e. The van der Waals surface area contributed by atoms with Crippen LogP contribution in [0.1, 0.15) is 12.5 Å². The molecule has 0 unspecified atom stereocenters. The Morgan fingerprint density at radius 2 is 1.89 bits per heavy atom. The molecule has 0 fully saturated rings. The summed E-state index contributed by atoms with van der Waals surface area (Å²) < 4.78 is 0. The van der Waals surface area contributed by atoms with E-state index in [1.807, 2.05) is 18.2 Å². The van der Waals surface area contributed by atoms with Crippen molar-refractivity contribution in [1.29, 1.82) is 0 Å². The first-order valence-electron chi connectivity index (χ1n) is 6.01. The fourth-order valence-electron chi connectivity index (χ4n) is 1.66. The minimum atomic E-state index is 0.792. The van der Waals surface area contributed by atoms with E-state index in [2.05, 4.69) is 42.6 Å². The molecular formula is C15H16ClNS. The Kier molecular flexibility index (Phi) is 5.12. The van der Waals surface area contributed by atoms with Gasteiger partial charge in [-0.25, -0.2) is 0 Å². The average molecular weight is 278 g/mol. The van der Waals surface area contributed by atoms with Crippen molar-refractivity contribution in [2.75, 3.05) is 6.54 Å². The summed E-state index contributed by atoms with van der Waals surface area (Å²) in [5.74, 6) is 0. The highest BCUT2D eigenvalue weighted by molar-refractivity contribution is 7.99. The minimum absolute atomic E-state index is 0.792. The van der Waals surface area contributed by atoms with Gasteiger partial charge in [0.05, 0.1) is 0 Å². The summed E-state index contributed by atoms with van der Waals surface area (Å²) in [5, 5.41) is 4.14. The molecule has 2 aromatic carbocycles. The molecule has 0 amide bonds. The highest BCUT2D eigenvalue weighted by Gasteiger charge is 2.05. The van der Waals surface area contributed by atoms with Crippen molar-refractivity contribution in [2.24, 2.45) is 0 Å². The zero-order chi connectivity index (χ0) is 12.8. The second kappa shape index (κ2) is 6.83. The molecule has 0 bridgehead atoms. The van der Waals surface area contributed by atoms with Gasteiger partial charge in [0.25, 0.3) is 0 Å². The third-order valence-corrected chi connectivity index (χ3v) is 3.92. The lowest BCUT2D eigenvalue weighted by molar-refractivity contribution is 0.718. The molecule has 0 aromatic heterocycles. The van der Waals surface area contributed by atoms with Crippen LogP contribution >= 0.6 is 23.4 Å². The largest absolute Gasteiger partial charge is 0.313 e. The Balaban J connectivity index is 2.21. The van der Waals surface area contributed by atoms with Crippen LogP contribution in [0.2, 0.25) is 5.02 Å². The van der Waals surface area contributed by atoms with Gasteiger partial charge in [0.15, 0.2) is 0 Å². The molecule has 1 nitrogen and oxygen atoms in total. The van der Waals surface area contributed by atoms with Crippen molar-refractivity contribution < 1.29 is 0 Å². The van der Waals surface area contributed by atoms with Crippen LogP contribution in [0.3, 0.4) is 0 Å². The molecule has 94 valence electrons. The number of rotatable bonds is 5. The summed E-state index contributed by atoms with van der Waals surface area (Å²) in [4.78, 5) is 2.50. The maximum Gasteiger partial charge on any atom is 0.0410 e. The number of nitrogens with one attached hydrogen (secondary N) is 1. The number of benzene rings is 2. The first kappa shape index (κ1) is 13.5. The zero-order valence-corrected chi connectivity index (χ0v) is 11.9. The van der Waals surface area contributed by atoms with Crippen LogP contribution in [0.25, 0.3) is 0 Å². The molecule has 0 aliphatic rings. The molecular weight excluding hydrogens is 262 g/mol. The Labute approximate surface area is 118 Å². The molecule has 3 heteroatoms. The van der Waals surface area contributed by atoms with Gasteiger partial charge in [0.1, 0.15) is 0 Å². The van der Waals surface area contributed by atoms with E-state index in [4.69, 9.17) is 11.6 Å². The molecule has 1 N–H and O–H groups in total. The third kappa shape index (κ3) is 3.77. The molecule has 0 aliphatic heterocycles. The van der Waals surface area contributed by atoms with Gasteiger partial charge in [-0.3, -0.25) is 0 Å². The summed E-state index contributed by atoms with van der Waals surface area (Å²) >= 11 is 7.84. The molecule has 18 heavy (non-hydrogen) atoms. The maximum absolute atomic E-state index is 6.06. The summed E-state index contributed by atoms with van der Waals surface area (Å²) in [6.45, 7) is 3.92. The third-order valence-electron chi connectivity index (χ3n) is 2.56. The normalized spacial score (nSPS) is 10.6. The van der Waals surface area contributed by atoms with Gasteiger partial charge in [0, 0.05) is 21.4 Å². The lowest BCUT2D eigenvalue weighted by atomic mass is 10.2. The molecule has 0 aliphatic carbocycles. The molecule has 2 rings (SSSR count). The predicted octanol–water partition coefficient (Wildman–Crippen LogP) is 4.60. The van der Waals surface area contributed by atoms with E-state index in [0.717, 1.165) is 18.1 Å². The second-order valence-electron chi connectivity index (χ2n) is 3.95. The first-order chi connectivity index (χ1) is 8.79. The molecule has 0 heterocycles. The quantitative estimate of drug-likeness (QED) is 0.857. The van der Waals surface area contributed by atoms with Gasteiger partial charge in [-0.15, -0.1) is 0 Å². The Morgan fingerprint density at radius 1 is 1.11 bits per heavy atom. The van der Waals surface area contributed by atoms with Gasteiger partial charge >= 0.3 is 0 Å². The van der Waals surface area contributed by atoms with E-state index in [1.54, 1.807) is 11.8 Å². The molecule has 0 atom stereocenters. The van der Waals surface area contributed by atoms with Crippen molar-refractivity contribution in [3.63, 3.8) is 0 Å². The summed E-state index contributed by atoms with van der Waals surface area (Å²) in [7, 11) is 0. The molecule has 2 aromatic rings. The van der Waals surface area contributed by atoms with Gasteiger partial charge in [-0.05, 0) is 42.4 Å². The van der Waals surface area contributed by atoms with Crippen molar-refractivity contribution >= 4 is 23.4 Å². The van der Waals surface area contributed by atoms with Crippen molar-refractivity contribution in [3.8, 4) is 0 Å².